The molecule has 1 unspecified atom stereocenters. The maximum absolute atomic E-state index is 9.17. The number of aryl methyl sites for hydroxylation is 1. The average molecular weight is 197 g/mol. The predicted molar refractivity (Wildman–Crippen MR) is 54.9 cm³/mol. The summed E-state index contributed by atoms with van der Waals surface area (Å²) in [5, 5.41) is 13.3. The molecule has 1 rings (SSSR count). The Bertz CT molecular complexity index is 268. The van der Waals surface area contributed by atoms with Crippen molar-refractivity contribution in [2.45, 2.75) is 46.3 Å². The lowest BCUT2D eigenvalue weighted by molar-refractivity contribution is 0.183. The normalized spacial score (nSPS) is 13.5. The van der Waals surface area contributed by atoms with Gasteiger partial charge in [0.05, 0.1) is 6.10 Å². The van der Waals surface area contributed by atoms with Gasteiger partial charge in [-0.2, -0.15) is 5.10 Å². The van der Waals surface area contributed by atoms with Crippen molar-refractivity contribution in [2.24, 2.45) is 5.92 Å². The van der Waals surface area contributed by atoms with Crippen molar-refractivity contribution in [1.82, 2.24) is 14.8 Å². The molecule has 0 aliphatic carbocycles. The summed E-state index contributed by atoms with van der Waals surface area (Å²) in [6.45, 7) is 7.00. The smallest absolute Gasteiger partial charge is 0.138 e. The topological polar surface area (TPSA) is 50.9 Å². The fourth-order valence-corrected chi connectivity index (χ4v) is 1.32. The lowest BCUT2D eigenvalue weighted by Gasteiger charge is -2.08. The van der Waals surface area contributed by atoms with E-state index in [1.165, 1.54) is 0 Å². The number of rotatable bonds is 5. The second kappa shape index (κ2) is 5.10. The summed E-state index contributed by atoms with van der Waals surface area (Å²) < 4.78 is 1.92. The van der Waals surface area contributed by atoms with Gasteiger partial charge < -0.3 is 5.11 Å². The molecule has 1 heterocycles. The summed E-state index contributed by atoms with van der Waals surface area (Å²) in [7, 11) is 0. The fraction of sp³-hybridized carbons (Fsp3) is 0.800. The first-order valence-electron chi connectivity index (χ1n) is 5.14. The number of hydrogen-bond acceptors (Lipinski definition) is 3. The van der Waals surface area contributed by atoms with Crippen molar-refractivity contribution in [3.8, 4) is 0 Å². The lowest BCUT2D eigenvalue weighted by Crippen LogP contribution is -2.12. The number of aliphatic hydroxyl groups excluding tert-OH is 1. The Balaban J connectivity index is 2.53. The van der Waals surface area contributed by atoms with E-state index >= 15 is 0 Å². The Kier molecular flexibility index (Phi) is 4.07. The molecule has 80 valence electrons. The van der Waals surface area contributed by atoms with Crippen LogP contribution in [-0.4, -0.2) is 26.0 Å². The van der Waals surface area contributed by atoms with Crippen LogP contribution in [0.2, 0.25) is 0 Å². The van der Waals surface area contributed by atoms with Gasteiger partial charge in [0.25, 0.3) is 0 Å². The van der Waals surface area contributed by atoms with Gasteiger partial charge in [0, 0.05) is 13.0 Å². The first kappa shape index (κ1) is 11.2. The van der Waals surface area contributed by atoms with Crippen molar-refractivity contribution in [3.63, 3.8) is 0 Å². The van der Waals surface area contributed by atoms with Gasteiger partial charge in [-0.05, 0) is 19.3 Å². The molecule has 0 aliphatic rings. The van der Waals surface area contributed by atoms with E-state index in [9.17, 15) is 0 Å². The zero-order chi connectivity index (χ0) is 10.6. The minimum Gasteiger partial charge on any atom is -0.393 e. The van der Waals surface area contributed by atoms with E-state index in [0.717, 1.165) is 25.2 Å². The monoisotopic (exact) mass is 197 g/mol. The minimum atomic E-state index is -0.265. The number of hydrogen-bond donors (Lipinski definition) is 1. The van der Waals surface area contributed by atoms with Gasteiger partial charge in [0.2, 0.25) is 0 Å². The number of nitrogens with zero attached hydrogens (tertiary/aromatic N) is 3. The lowest BCUT2D eigenvalue weighted by atomic mass is 10.2. The molecule has 0 spiro atoms. The largest absolute Gasteiger partial charge is 0.393 e. The molecule has 0 aliphatic heterocycles. The van der Waals surface area contributed by atoms with Crippen molar-refractivity contribution >= 4 is 0 Å². The van der Waals surface area contributed by atoms with Crippen LogP contribution >= 0.6 is 0 Å². The van der Waals surface area contributed by atoms with Crippen molar-refractivity contribution in [1.29, 1.82) is 0 Å². The standard InChI is InChI=1S/C10H19N3O/c1-8(2)6-13-10(11-7-12-13)5-4-9(3)14/h7-9,14H,4-6H2,1-3H3. The minimum absolute atomic E-state index is 0.265. The molecule has 1 N–H and O–H groups in total. The number of aliphatic hydroxyl groups is 1. The average Bonchev–Trinajstić information content (AvgIpc) is 2.47. The first-order valence-corrected chi connectivity index (χ1v) is 5.14. The highest BCUT2D eigenvalue weighted by Crippen LogP contribution is 2.04. The maximum atomic E-state index is 9.17. The van der Waals surface area contributed by atoms with E-state index in [0.29, 0.717) is 5.92 Å². The molecule has 0 fully saturated rings. The van der Waals surface area contributed by atoms with E-state index in [1.54, 1.807) is 13.3 Å². The molecule has 0 saturated heterocycles. The van der Waals surface area contributed by atoms with Crippen molar-refractivity contribution in [2.75, 3.05) is 0 Å². The van der Waals surface area contributed by atoms with Gasteiger partial charge in [-0.25, -0.2) is 9.67 Å². The SMILES string of the molecule is CC(C)Cn1ncnc1CCC(C)O. The van der Waals surface area contributed by atoms with E-state index < -0.39 is 0 Å². The van der Waals surface area contributed by atoms with Crippen molar-refractivity contribution < 1.29 is 5.11 Å². The highest BCUT2D eigenvalue weighted by molar-refractivity contribution is 4.85. The fourth-order valence-electron chi connectivity index (χ4n) is 1.32. The van der Waals surface area contributed by atoms with Gasteiger partial charge in [0.1, 0.15) is 12.2 Å². The van der Waals surface area contributed by atoms with Gasteiger partial charge >= 0.3 is 0 Å². The molecule has 1 aromatic rings. The first-order chi connectivity index (χ1) is 6.59. The van der Waals surface area contributed by atoms with Crippen LogP contribution in [0.4, 0.5) is 0 Å². The summed E-state index contributed by atoms with van der Waals surface area (Å²) >= 11 is 0. The number of aromatic nitrogens is 3. The van der Waals surface area contributed by atoms with Crippen LogP contribution in [0.15, 0.2) is 6.33 Å². The third-order valence-electron chi connectivity index (χ3n) is 2.02. The molecule has 1 atom stereocenters. The molecule has 4 heteroatoms. The summed E-state index contributed by atoms with van der Waals surface area (Å²) in [6, 6.07) is 0. The van der Waals surface area contributed by atoms with Crippen LogP contribution in [0.25, 0.3) is 0 Å². The van der Waals surface area contributed by atoms with E-state index in [4.69, 9.17) is 5.11 Å². The van der Waals surface area contributed by atoms with Gasteiger partial charge in [0.15, 0.2) is 0 Å². The molecule has 0 aromatic carbocycles. The summed E-state index contributed by atoms with van der Waals surface area (Å²) in [4.78, 5) is 4.18. The van der Waals surface area contributed by atoms with Crippen LogP contribution < -0.4 is 0 Å². The Morgan fingerprint density at radius 2 is 2.14 bits per heavy atom. The van der Waals surface area contributed by atoms with Gasteiger partial charge in [-0.3, -0.25) is 0 Å². The van der Waals surface area contributed by atoms with Crippen LogP contribution in [0.1, 0.15) is 33.0 Å². The zero-order valence-corrected chi connectivity index (χ0v) is 9.14. The predicted octanol–water partition coefficient (Wildman–Crippen LogP) is 1.25. The van der Waals surface area contributed by atoms with Crippen LogP contribution in [0, 0.1) is 5.92 Å². The summed E-state index contributed by atoms with van der Waals surface area (Å²) in [5.74, 6) is 1.54. The van der Waals surface area contributed by atoms with Crippen molar-refractivity contribution in [3.05, 3.63) is 12.2 Å². The highest BCUT2D eigenvalue weighted by Gasteiger charge is 2.07. The van der Waals surface area contributed by atoms with Crippen LogP contribution in [-0.2, 0) is 13.0 Å². The van der Waals surface area contributed by atoms with E-state index in [1.807, 2.05) is 4.68 Å². The Labute approximate surface area is 85.0 Å². The molecule has 0 radical (unpaired) electrons. The third-order valence-corrected chi connectivity index (χ3v) is 2.02. The quantitative estimate of drug-likeness (QED) is 0.772. The molecule has 4 nitrogen and oxygen atoms in total. The molecule has 0 saturated carbocycles. The molecular weight excluding hydrogens is 178 g/mol. The van der Waals surface area contributed by atoms with Crippen LogP contribution in [0.5, 0.6) is 0 Å². The van der Waals surface area contributed by atoms with Crippen LogP contribution in [0.3, 0.4) is 0 Å². The van der Waals surface area contributed by atoms with E-state index in [2.05, 4.69) is 23.9 Å². The second-order valence-electron chi connectivity index (χ2n) is 4.14. The molecule has 14 heavy (non-hydrogen) atoms. The van der Waals surface area contributed by atoms with Gasteiger partial charge in [-0.1, -0.05) is 13.8 Å². The van der Waals surface area contributed by atoms with E-state index in [-0.39, 0.29) is 6.10 Å². The Morgan fingerprint density at radius 3 is 2.71 bits per heavy atom. The molecular formula is C10H19N3O. The Hall–Kier alpha value is -0.900. The highest BCUT2D eigenvalue weighted by atomic mass is 16.3. The molecule has 0 bridgehead atoms. The Morgan fingerprint density at radius 1 is 1.43 bits per heavy atom. The summed E-state index contributed by atoms with van der Waals surface area (Å²) in [6.07, 6.45) is 2.86. The summed E-state index contributed by atoms with van der Waals surface area (Å²) in [5.41, 5.74) is 0. The second-order valence-corrected chi connectivity index (χ2v) is 4.14. The van der Waals surface area contributed by atoms with Gasteiger partial charge in [-0.15, -0.1) is 0 Å². The third kappa shape index (κ3) is 3.46. The maximum Gasteiger partial charge on any atom is 0.138 e. The zero-order valence-electron chi connectivity index (χ0n) is 9.14. The molecule has 1 aromatic heterocycles. The molecule has 0 amide bonds.